The minimum atomic E-state index is -2.83. The first-order chi connectivity index (χ1) is 7.45. The van der Waals surface area contributed by atoms with Crippen LogP contribution in [0.3, 0.4) is 0 Å². The second-order valence-corrected chi connectivity index (χ2v) is 3.32. The third-order valence-electron chi connectivity index (χ3n) is 1.87. The number of rotatable bonds is 3. The van der Waals surface area contributed by atoms with Gasteiger partial charge in [0.1, 0.15) is 5.02 Å². The molecule has 0 aliphatic carbocycles. The molecule has 0 radical (unpaired) electrons. The molecule has 1 aromatic rings. The van der Waals surface area contributed by atoms with Crippen LogP contribution in [0.15, 0.2) is 10.9 Å². The molecule has 0 aliphatic rings. The van der Waals surface area contributed by atoms with Crippen LogP contribution in [0.4, 0.5) is 8.78 Å². The van der Waals surface area contributed by atoms with E-state index in [-0.39, 0.29) is 17.0 Å². The topological polar surface area (TPSA) is 59.2 Å². The number of aromatic nitrogens is 1. The van der Waals surface area contributed by atoms with E-state index in [0.717, 1.165) is 13.2 Å². The first kappa shape index (κ1) is 12.6. The Morgan fingerprint density at radius 2 is 2.25 bits per heavy atom. The lowest BCUT2D eigenvalue weighted by Gasteiger charge is -2.05. The Hall–Kier alpha value is -1.43. The normalized spacial score (nSPS) is 10.6. The average molecular weight is 252 g/mol. The fraction of sp³-hybridized carbons (Fsp3) is 0.333. The van der Waals surface area contributed by atoms with Crippen molar-refractivity contribution in [1.29, 1.82) is 0 Å². The van der Waals surface area contributed by atoms with Gasteiger partial charge in [-0.25, -0.2) is 8.78 Å². The van der Waals surface area contributed by atoms with Gasteiger partial charge >= 0.3 is 5.97 Å². The summed E-state index contributed by atoms with van der Waals surface area (Å²) in [6.45, 7) is 0. The van der Waals surface area contributed by atoms with Gasteiger partial charge in [-0.3, -0.25) is 9.59 Å². The quantitative estimate of drug-likeness (QED) is 0.832. The van der Waals surface area contributed by atoms with Gasteiger partial charge in [0.05, 0.1) is 19.2 Å². The Morgan fingerprint density at radius 3 is 2.75 bits per heavy atom. The largest absolute Gasteiger partial charge is 0.469 e. The smallest absolute Gasteiger partial charge is 0.310 e. The zero-order valence-electron chi connectivity index (χ0n) is 8.22. The monoisotopic (exact) mass is 251 g/mol. The van der Waals surface area contributed by atoms with Gasteiger partial charge in [0.15, 0.2) is 0 Å². The van der Waals surface area contributed by atoms with E-state index in [9.17, 15) is 18.4 Å². The first-order valence-corrected chi connectivity index (χ1v) is 4.60. The zero-order chi connectivity index (χ0) is 12.3. The maximum Gasteiger partial charge on any atom is 0.310 e. The molecule has 7 heteroatoms. The summed E-state index contributed by atoms with van der Waals surface area (Å²) in [4.78, 5) is 24.0. The molecule has 1 heterocycles. The molecule has 0 saturated heterocycles. The number of halogens is 3. The van der Waals surface area contributed by atoms with Crippen LogP contribution in [0.1, 0.15) is 17.7 Å². The molecule has 0 fully saturated rings. The standard InChI is InChI=1S/C9H8ClF2NO3/c1-16-6(14)3-4-2-5(8(11)12)13-9(15)7(4)10/h2,8H,3H2,1H3,(H,13,15). The second-order valence-electron chi connectivity index (χ2n) is 2.95. The minimum Gasteiger partial charge on any atom is -0.469 e. The molecule has 1 rings (SSSR count). The molecule has 0 atom stereocenters. The highest BCUT2D eigenvalue weighted by atomic mass is 35.5. The number of hydrogen-bond acceptors (Lipinski definition) is 3. The summed E-state index contributed by atoms with van der Waals surface area (Å²) in [5.74, 6) is -0.660. The van der Waals surface area contributed by atoms with Crippen molar-refractivity contribution in [3.8, 4) is 0 Å². The first-order valence-electron chi connectivity index (χ1n) is 4.22. The van der Waals surface area contributed by atoms with Crippen molar-refractivity contribution in [3.63, 3.8) is 0 Å². The number of H-pyrrole nitrogens is 1. The summed E-state index contributed by atoms with van der Waals surface area (Å²) in [7, 11) is 1.15. The molecular formula is C9H8ClF2NO3. The SMILES string of the molecule is COC(=O)Cc1cc(C(F)F)[nH]c(=O)c1Cl. The lowest BCUT2D eigenvalue weighted by atomic mass is 10.1. The van der Waals surface area contributed by atoms with Crippen molar-refractivity contribution >= 4 is 17.6 Å². The van der Waals surface area contributed by atoms with Crippen molar-refractivity contribution in [2.45, 2.75) is 12.8 Å². The number of esters is 1. The highest BCUT2D eigenvalue weighted by Crippen LogP contribution is 2.20. The van der Waals surface area contributed by atoms with Gasteiger partial charge in [-0.05, 0) is 11.6 Å². The number of pyridine rings is 1. The van der Waals surface area contributed by atoms with E-state index < -0.39 is 23.6 Å². The molecule has 0 amide bonds. The minimum absolute atomic E-state index is 0.0209. The summed E-state index contributed by atoms with van der Waals surface area (Å²) < 4.78 is 29.0. The van der Waals surface area contributed by atoms with Crippen LogP contribution in [0, 0.1) is 0 Å². The summed E-state index contributed by atoms with van der Waals surface area (Å²) in [5.41, 5.74) is -1.40. The summed E-state index contributed by atoms with van der Waals surface area (Å²) in [5, 5.41) is -0.283. The molecule has 0 unspecified atom stereocenters. The van der Waals surface area contributed by atoms with Crippen LogP contribution >= 0.6 is 11.6 Å². The van der Waals surface area contributed by atoms with Crippen LogP contribution in [-0.4, -0.2) is 18.1 Å². The summed E-state index contributed by atoms with van der Waals surface area (Å²) in [6, 6.07) is 0.977. The summed E-state index contributed by atoms with van der Waals surface area (Å²) >= 11 is 5.57. The van der Waals surface area contributed by atoms with Gasteiger partial charge in [-0.2, -0.15) is 0 Å². The van der Waals surface area contributed by atoms with Crippen molar-refractivity contribution in [2.75, 3.05) is 7.11 Å². The maximum absolute atomic E-state index is 12.3. The molecular weight excluding hydrogens is 244 g/mol. The highest BCUT2D eigenvalue weighted by Gasteiger charge is 2.15. The van der Waals surface area contributed by atoms with Gasteiger partial charge < -0.3 is 9.72 Å². The number of ether oxygens (including phenoxy) is 1. The van der Waals surface area contributed by atoms with Gasteiger partial charge in [0.25, 0.3) is 12.0 Å². The van der Waals surface area contributed by atoms with E-state index in [1.807, 2.05) is 4.98 Å². The number of nitrogens with one attached hydrogen (secondary N) is 1. The molecule has 1 N–H and O–H groups in total. The van der Waals surface area contributed by atoms with E-state index in [4.69, 9.17) is 11.6 Å². The van der Waals surface area contributed by atoms with E-state index in [1.54, 1.807) is 0 Å². The van der Waals surface area contributed by atoms with E-state index in [0.29, 0.717) is 0 Å². The lowest BCUT2D eigenvalue weighted by Crippen LogP contribution is -2.15. The lowest BCUT2D eigenvalue weighted by molar-refractivity contribution is -0.139. The number of methoxy groups -OCH3 is 1. The number of hydrogen-bond donors (Lipinski definition) is 1. The molecule has 16 heavy (non-hydrogen) atoms. The molecule has 1 aromatic heterocycles. The zero-order valence-corrected chi connectivity index (χ0v) is 8.98. The Kier molecular flexibility index (Phi) is 4.00. The Morgan fingerprint density at radius 1 is 1.62 bits per heavy atom. The Labute approximate surface area is 94.2 Å². The number of carbonyl (C=O) groups excluding carboxylic acids is 1. The van der Waals surface area contributed by atoms with Crippen LogP contribution in [-0.2, 0) is 16.0 Å². The highest BCUT2D eigenvalue weighted by molar-refractivity contribution is 6.31. The third kappa shape index (κ3) is 2.79. The predicted molar refractivity (Wildman–Crippen MR) is 52.7 cm³/mol. The van der Waals surface area contributed by atoms with Crippen molar-refractivity contribution in [2.24, 2.45) is 0 Å². The van der Waals surface area contributed by atoms with Gasteiger partial charge in [0.2, 0.25) is 0 Å². The van der Waals surface area contributed by atoms with Crippen molar-refractivity contribution in [3.05, 3.63) is 32.7 Å². The third-order valence-corrected chi connectivity index (χ3v) is 2.28. The molecule has 88 valence electrons. The van der Waals surface area contributed by atoms with E-state index in [2.05, 4.69) is 4.74 Å². The van der Waals surface area contributed by atoms with Crippen LogP contribution in [0.25, 0.3) is 0 Å². The fourth-order valence-corrected chi connectivity index (χ4v) is 1.26. The van der Waals surface area contributed by atoms with Gasteiger partial charge in [-0.1, -0.05) is 11.6 Å². The van der Waals surface area contributed by atoms with Crippen LogP contribution in [0.2, 0.25) is 5.02 Å². The molecule has 0 aliphatic heterocycles. The molecule has 4 nitrogen and oxygen atoms in total. The average Bonchev–Trinajstić information content (AvgIpc) is 2.23. The van der Waals surface area contributed by atoms with Crippen molar-refractivity contribution < 1.29 is 18.3 Å². The fourth-order valence-electron chi connectivity index (χ4n) is 1.09. The second kappa shape index (κ2) is 5.07. The van der Waals surface area contributed by atoms with Crippen LogP contribution in [0.5, 0.6) is 0 Å². The van der Waals surface area contributed by atoms with Crippen molar-refractivity contribution in [1.82, 2.24) is 4.98 Å². The molecule has 0 aromatic carbocycles. The van der Waals surface area contributed by atoms with Crippen LogP contribution < -0.4 is 5.56 Å². The maximum atomic E-state index is 12.3. The van der Waals surface area contributed by atoms with Gasteiger partial charge in [-0.15, -0.1) is 0 Å². The number of aromatic amines is 1. The predicted octanol–water partition coefficient (Wildman–Crippen LogP) is 1.68. The number of alkyl halides is 2. The molecule has 0 spiro atoms. The Bertz CT molecular complexity index is 459. The number of carbonyl (C=O) groups is 1. The summed E-state index contributed by atoms with van der Waals surface area (Å²) in [6.07, 6.45) is -3.15. The van der Waals surface area contributed by atoms with E-state index in [1.165, 1.54) is 0 Å². The van der Waals surface area contributed by atoms with E-state index >= 15 is 0 Å². The van der Waals surface area contributed by atoms with Gasteiger partial charge in [0, 0.05) is 0 Å². The molecule has 0 saturated carbocycles. The Balaban J connectivity index is 3.17. The molecule has 0 bridgehead atoms.